The second kappa shape index (κ2) is 5.52. The van der Waals surface area contributed by atoms with Gasteiger partial charge in [0.05, 0.1) is 11.4 Å². The van der Waals surface area contributed by atoms with E-state index in [9.17, 15) is 0 Å². The van der Waals surface area contributed by atoms with Gasteiger partial charge in [-0.05, 0) is 49.3 Å². The Morgan fingerprint density at radius 1 is 1.17 bits per heavy atom. The van der Waals surface area contributed by atoms with Crippen LogP contribution in [0.15, 0.2) is 22.7 Å². The van der Waals surface area contributed by atoms with Crippen LogP contribution in [0.5, 0.6) is 0 Å². The molecule has 0 spiro atoms. The minimum absolute atomic E-state index is 0.618. The van der Waals surface area contributed by atoms with Gasteiger partial charge in [0.15, 0.2) is 0 Å². The molecule has 2 N–H and O–H groups in total. The normalized spacial score (nSPS) is 28.1. The number of hydrogen-bond donors (Lipinski definition) is 1. The minimum Gasteiger partial charge on any atom is -0.397 e. The first kappa shape index (κ1) is 13.7. The fourth-order valence-electron chi connectivity index (χ4n) is 3.26. The lowest BCUT2D eigenvalue weighted by molar-refractivity contribution is 0.264. The largest absolute Gasteiger partial charge is 0.397 e. The number of nitrogens with two attached hydrogens (primary N) is 1. The lowest BCUT2D eigenvalue weighted by atomic mass is 9.80. The maximum atomic E-state index is 6.13. The molecule has 0 aromatic heterocycles. The standard InChI is InChI=1S/C15H23BrN2/c1-10-6-11(2)8-13(7-10)18(3)15-5-4-12(16)9-14(15)17/h4-5,9-11,13H,6-8,17H2,1-3H3. The van der Waals surface area contributed by atoms with Crippen molar-refractivity contribution in [2.45, 2.75) is 39.2 Å². The van der Waals surface area contributed by atoms with Crippen LogP contribution in [0.4, 0.5) is 11.4 Å². The predicted octanol–water partition coefficient (Wildman–Crippen LogP) is 4.29. The number of anilines is 2. The fourth-order valence-corrected chi connectivity index (χ4v) is 3.64. The second-order valence-corrected chi connectivity index (χ2v) is 6.80. The van der Waals surface area contributed by atoms with Gasteiger partial charge >= 0.3 is 0 Å². The maximum Gasteiger partial charge on any atom is 0.0600 e. The summed E-state index contributed by atoms with van der Waals surface area (Å²) < 4.78 is 1.04. The number of benzene rings is 1. The molecular weight excluding hydrogens is 288 g/mol. The molecule has 1 aromatic carbocycles. The summed E-state index contributed by atoms with van der Waals surface area (Å²) in [6.45, 7) is 4.73. The lowest BCUT2D eigenvalue weighted by Gasteiger charge is -2.38. The Morgan fingerprint density at radius 2 is 1.78 bits per heavy atom. The van der Waals surface area contributed by atoms with Gasteiger partial charge in [-0.2, -0.15) is 0 Å². The van der Waals surface area contributed by atoms with Gasteiger partial charge in [-0.1, -0.05) is 29.8 Å². The Morgan fingerprint density at radius 3 is 2.33 bits per heavy atom. The number of hydrogen-bond acceptors (Lipinski definition) is 2. The van der Waals surface area contributed by atoms with Crippen LogP contribution in [0, 0.1) is 11.8 Å². The molecule has 100 valence electrons. The molecule has 2 atom stereocenters. The zero-order chi connectivity index (χ0) is 13.3. The third-order valence-corrected chi connectivity index (χ3v) is 4.56. The van der Waals surface area contributed by atoms with Gasteiger partial charge in [0.25, 0.3) is 0 Å². The first-order valence-electron chi connectivity index (χ1n) is 6.75. The van der Waals surface area contributed by atoms with E-state index in [1.807, 2.05) is 6.07 Å². The summed E-state index contributed by atoms with van der Waals surface area (Å²) in [6, 6.07) is 6.79. The first-order chi connectivity index (χ1) is 8.47. The highest BCUT2D eigenvalue weighted by Gasteiger charge is 2.27. The summed E-state index contributed by atoms with van der Waals surface area (Å²) in [7, 11) is 2.18. The highest BCUT2D eigenvalue weighted by Crippen LogP contribution is 2.35. The molecule has 2 unspecified atom stereocenters. The number of nitrogens with zero attached hydrogens (tertiary/aromatic N) is 1. The van der Waals surface area contributed by atoms with E-state index >= 15 is 0 Å². The second-order valence-electron chi connectivity index (χ2n) is 5.89. The van der Waals surface area contributed by atoms with Gasteiger partial charge in [-0.3, -0.25) is 0 Å². The Kier molecular flexibility index (Phi) is 4.21. The molecule has 1 aliphatic carbocycles. The number of halogens is 1. The van der Waals surface area contributed by atoms with E-state index in [0.717, 1.165) is 27.7 Å². The van der Waals surface area contributed by atoms with E-state index in [1.54, 1.807) is 0 Å². The van der Waals surface area contributed by atoms with Crippen LogP contribution < -0.4 is 10.6 Å². The van der Waals surface area contributed by atoms with Crippen LogP contribution in [0.2, 0.25) is 0 Å². The van der Waals surface area contributed by atoms with E-state index in [2.05, 4.69) is 53.9 Å². The maximum absolute atomic E-state index is 6.13. The summed E-state index contributed by atoms with van der Waals surface area (Å²) in [5, 5.41) is 0. The molecule has 1 fully saturated rings. The Bertz CT molecular complexity index is 409. The van der Waals surface area contributed by atoms with Crippen molar-refractivity contribution in [1.29, 1.82) is 0 Å². The minimum atomic E-state index is 0.618. The van der Waals surface area contributed by atoms with Crippen molar-refractivity contribution >= 4 is 27.3 Å². The summed E-state index contributed by atoms with van der Waals surface area (Å²) in [4.78, 5) is 2.37. The molecular formula is C15H23BrN2. The lowest BCUT2D eigenvalue weighted by Crippen LogP contribution is -2.38. The highest BCUT2D eigenvalue weighted by molar-refractivity contribution is 9.10. The van der Waals surface area contributed by atoms with Crippen LogP contribution >= 0.6 is 15.9 Å². The van der Waals surface area contributed by atoms with Gasteiger partial charge in [-0.25, -0.2) is 0 Å². The van der Waals surface area contributed by atoms with Gasteiger partial charge < -0.3 is 10.6 Å². The fraction of sp³-hybridized carbons (Fsp3) is 0.600. The summed E-state index contributed by atoms with van der Waals surface area (Å²) in [5.74, 6) is 1.63. The molecule has 1 aliphatic rings. The van der Waals surface area contributed by atoms with E-state index in [4.69, 9.17) is 5.73 Å². The molecule has 0 saturated heterocycles. The molecule has 2 rings (SSSR count). The highest BCUT2D eigenvalue weighted by atomic mass is 79.9. The molecule has 0 amide bonds. The molecule has 0 heterocycles. The van der Waals surface area contributed by atoms with E-state index in [0.29, 0.717) is 6.04 Å². The smallest absolute Gasteiger partial charge is 0.0600 e. The monoisotopic (exact) mass is 310 g/mol. The van der Waals surface area contributed by atoms with Crippen LogP contribution in [0.25, 0.3) is 0 Å². The molecule has 0 bridgehead atoms. The Hall–Kier alpha value is -0.700. The zero-order valence-corrected chi connectivity index (χ0v) is 13.1. The van der Waals surface area contributed by atoms with Crippen molar-refractivity contribution in [2.75, 3.05) is 17.7 Å². The van der Waals surface area contributed by atoms with Crippen molar-refractivity contribution in [1.82, 2.24) is 0 Å². The number of nitrogen functional groups attached to an aromatic ring is 1. The van der Waals surface area contributed by atoms with Crippen LogP contribution in [-0.4, -0.2) is 13.1 Å². The van der Waals surface area contributed by atoms with Gasteiger partial charge in [0, 0.05) is 17.6 Å². The Balaban J connectivity index is 2.17. The van der Waals surface area contributed by atoms with Crippen LogP contribution in [0.1, 0.15) is 33.1 Å². The number of rotatable bonds is 2. The molecule has 3 heteroatoms. The topological polar surface area (TPSA) is 29.3 Å². The molecule has 0 radical (unpaired) electrons. The third-order valence-electron chi connectivity index (χ3n) is 4.07. The van der Waals surface area contributed by atoms with Crippen molar-refractivity contribution in [3.05, 3.63) is 22.7 Å². The predicted molar refractivity (Wildman–Crippen MR) is 82.9 cm³/mol. The average molecular weight is 311 g/mol. The average Bonchev–Trinajstić information content (AvgIpc) is 2.26. The van der Waals surface area contributed by atoms with Crippen LogP contribution in [-0.2, 0) is 0 Å². The summed E-state index contributed by atoms with van der Waals surface area (Å²) in [5.41, 5.74) is 8.14. The summed E-state index contributed by atoms with van der Waals surface area (Å²) >= 11 is 3.46. The first-order valence-corrected chi connectivity index (χ1v) is 7.54. The third kappa shape index (κ3) is 3.00. The van der Waals surface area contributed by atoms with Crippen molar-refractivity contribution in [2.24, 2.45) is 11.8 Å². The van der Waals surface area contributed by atoms with Gasteiger partial charge in [0.1, 0.15) is 0 Å². The van der Waals surface area contributed by atoms with Crippen LogP contribution in [0.3, 0.4) is 0 Å². The van der Waals surface area contributed by atoms with E-state index in [-0.39, 0.29) is 0 Å². The van der Waals surface area contributed by atoms with Gasteiger partial charge in [0.2, 0.25) is 0 Å². The van der Waals surface area contributed by atoms with Gasteiger partial charge in [-0.15, -0.1) is 0 Å². The molecule has 18 heavy (non-hydrogen) atoms. The van der Waals surface area contributed by atoms with Crippen molar-refractivity contribution < 1.29 is 0 Å². The molecule has 0 aliphatic heterocycles. The zero-order valence-electron chi connectivity index (χ0n) is 11.5. The Labute approximate surface area is 119 Å². The summed E-state index contributed by atoms with van der Waals surface area (Å²) in [6.07, 6.45) is 3.91. The van der Waals surface area contributed by atoms with Crippen molar-refractivity contribution in [3.63, 3.8) is 0 Å². The quantitative estimate of drug-likeness (QED) is 0.826. The molecule has 2 nitrogen and oxygen atoms in total. The molecule has 1 saturated carbocycles. The van der Waals surface area contributed by atoms with Crippen molar-refractivity contribution in [3.8, 4) is 0 Å². The molecule has 1 aromatic rings. The van der Waals surface area contributed by atoms with E-state index in [1.165, 1.54) is 19.3 Å². The van der Waals surface area contributed by atoms with E-state index < -0.39 is 0 Å². The SMILES string of the molecule is CC1CC(C)CC(N(C)c2ccc(Br)cc2N)C1.